The molecule has 3 rings (SSSR count). The second-order valence-corrected chi connectivity index (χ2v) is 5.09. The summed E-state index contributed by atoms with van der Waals surface area (Å²) in [5.41, 5.74) is 0.577. The molecule has 3 heterocycles. The fraction of sp³-hybridized carbons (Fsp3) is 0.400. The Bertz CT molecular complexity index is 612. The molecule has 110 valence electrons. The van der Waals surface area contributed by atoms with Gasteiger partial charge in [0.05, 0.1) is 18.4 Å². The van der Waals surface area contributed by atoms with Gasteiger partial charge < -0.3 is 14.1 Å². The number of furan rings is 1. The topological polar surface area (TPSA) is 68.5 Å². The number of hydrogen-bond acceptors (Lipinski definition) is 5. The summed E-state index contributed by atoms with van der Waals surface area (Å²) in [6, 6.07) is 3.42. The minimum atomic E-state index is -0.0381. The lowest BCUT2D eigenvalue weighted by atomic mass is 10.1. The highest BCUT2D eigenvalue weighted by atomic mass is 16.5. The van der Waals surface area contributed by atoms with E-state index in [1.54, 1.807) is 23.2 Å². The summed E-state index contributed by atoms with van der Waals surface area (Å²) < 4.78 is 10.8. The van der Waals surface area contributed by atoms with Gasteiger partial charge in [0.2, 0.25) is 5.88 Å². The molecule has 0 aliphatic carbocycles. The largest absolute Gasteiger partial charge is 0.472 e. The summed E-state index contributed by atoms with van der Waals surface area (Å²) in [6.45, 7) is 3.13. The van der Waals surface area contributed by atoms with Crippen LogP contribution >= 0.6 is 0 Å². The molecule has 0 N–H and O–H groups in total. The average molecular weight is 287 g/mol. The molecule has 1 amide bonds. The van der Waals surface area contributed by atoms with Crippen molar-refractivity contribution in [3.63, 3.8) is 0 Å². The Labute approximate surface area is 122 Å². The van der Waals surface area contributed by atoms with Crippen LogP contribution in [0.2, 0.25) is 0 Å². The van der Waals surface area contributed by atoms with Crippen molar-refractivity contribution in [2.24, 2.45) is 0 Å². The van der Waals surface area contributed by atoms with Crippen LogP contribution in [0.5, 0.6) is 5.88 Å². The molecular formula is C15H17N3O3. The number of aryl methyl sites for hydroxylation is 1. The first-order valence-electron chi connectivity index (χ1n) is 7.00. The quantitative estimate of drug-likeness (QED) is 0.864. The maximum Gasteiger partial charge on any atom is 0.257 e. The standard InChI is InChI=1S/C15H17N3O3/c1-11-16-6-4-14(17-11)21-13-3-2-7-18(9-13)15(19)12-5-8-20-10-12/h4-6,8,10,13H,2-3,7,9H2,1H3. The van der Waals surface area contributed by atoms with Gasteiger partial charge in [0, 0.05) is 18.8 Å². The number of hydrogen-bond donors (Lipinski definition) is 0. The lowest BCUT2D eigenvalue weighted by Gasteiger charge is -2.32. The van der Waals surface area contributed by atoms with Gasteiger partial charge >= 0.3 is 0 Å². The number of likely N-dealkylation sites (tertiary alicyclic amines) is 1. The third kappa shape index (κ3) is 3.21. The smallest absolute Gasteiger partial charge is 0.257 e. The number of aromatic nitrogens is 2. The molecule has 1 saturated heterocycles. The Kier molecular flexibility index (Phi) is 3.85. The molecule has 6 heteroatoms. The first-order valence-corrected chi connectivity index (χ1v) is 7.00. The highest BCUT2D eigenvalue weighted by Crippen LogP contribution is 2.18. The van der Waals surface area contributed by atoms with Crippen LogP contribution in [0, 0.1) is 6.92 Å². The summed E-state index contributed by atoms with van der Waals surface area (Å²) in [5, 5.41) is 0. The molecular weight excluding hydrogens is 270 g/mol. The zero-order valence-electron chi connectivity index (χ0n) is 11.9. The van der Waals surface area contributed by atoms with Crippen molar-refractivity contribution in [2.45, 2.75) is 25.9 Å². The molecule has 2 aromatic heterocycles. The summed E-state index contributed by atoms with van der Waals surface area (Å²) in [5.74, 6) is 1.22. The first-order chi connectivity index (χ1) is 10.2. The van der Waals surface area contributed by atoms with Crippen LogP contribution in [0.1, 0.15) is 29.0 Å². The van der Waals surface area contributed by atoms with Gasteiger partial charge in [-0.15, -0.1) is 0 Å². The highest BCUT2D eigenvalue weighted by molar-refractivity contribution is 5.93. The van der Waals surface area contributed by atoms with Crippen molar-refractivity contribution in [3.8, 4) is 5.88 Å². The van der Waals surface area contributed by atoms with Crippen LogP contribution in [-0.2, 0) is 0 Å². The molecule has 2 aromatic rings. The Morgan fingerprint density at radius 1 is 1.48 bits per heavy atom. The van der Waals surface area contributed by atoms with E-state index in [4.69, 9.17) is 9.15 Å². The summed E-state index contributed by atoms with van der Waals surface area (Å²) in [6.07, 6.45) is 6.45. The predicted octanol–water partition coefficient (Wildman–Crippen LogP) is 2.06. The van der Waals surface area contributed by atoms with Gasteiger partial charge in [-0.05, 0) is 25.8 Å². The fourth-order valence-electron chi connectivity index (χ4n) is 2.46. The first kappa shape index (κ1) is 13.6. The SMILES string of the molecule is Cc1nccc(OC2CCCN(C(=O)c3ccoc3)C2)n1. The van der Waals surface area contributed by atoms with E-state index in [2.05, 4.69) is 9.97 Å². The average Bonchev–Trinajstić information content (AvgIpc) is 3.01. The molecule has 1 fully saturated rings. The third-order valence-electron chi connectivity index (χ3n) is 3.47. The number of amides is 1. The van der Waals surface area contributed by atoms with Crippen molar-refractivity contribution in [3.05, 3.63) is 42.2 Å². The molecule has 21 heavy (non-hydrogen) atoms. The predicted molar refractivity (Wildman–Crippen MR) is 75.0 cm³/mol. The minimum Gasteiger partial charge on any atom is -0.472 e. The number of piperidine rings is 1. The molecule has 1 atom stereocenters. The van der Waals surface area contributed by atoms with Crippen LogP contribution in [0.25, 0.3) is 0 Å². The molecule has 0 spiro atoms. The number of carbonyl (C=O) groups is 1. The van der Waals surface area contributed by atoms with Crippen LogP contribution in [0.15, 0.2) is 35.3 Å². The lowest BCUT2D eigenvalue weighted by Crippen LogP contribution is -2.44. The Morgan fingerprint density at radius 2 is 2.38 bits per heavy atom. The van der Waals surface area contributed by atoms with Crippen molar-refractivity contribution >= 4 is 5.91 Å². The second kappa shape index (κ2) is 5.95. The number of carbonyl (C=O) groups excluding carboxylic acids is 1. The van der Waals surface area contributed by atoms with E-state index < -0.39 is 0 Å². The monoisotopic (exact) mass is 287 g/mol. The molecule has 0 bridgehead atoms. The van der Waals surface area contributed by atoms with E-state index >= 15 is 0 Å². The summed E-state index contributed by atoms with van der Waals surface area (Å²) in [7, 11) is 0. The van der Waals surface area contributed by atoms with Gasteiger partial charge in [0.15, 0.2) is 0 Å². The zero-order chi connectivity index (χ0) is 14.7. The molecule has 1 aliphatic rings. The Morgan fingerprint density at radius 3 is 3.14 bits per heavy atom. The Balaban J connectivity index is 1.64. The van der Waals surface area contributed by atoms with Crippen molar-refractivity contribution in [1.82, 2.24) is 14.9 Å². The lowest BCUT2D eigenvalue weighted by molar-refractivity contribution is 0.0526. The maximum atomic E-state index is 12.3. The minimum absolute atomic E-state index is 0.0177. The fourth-order valence-corrected chi connectivity index (χ4v) is 2.46. The summed E-state index contributed by atoms with van der Waals surface area (Å²) in [4.78, 5) is 22.4. The van der Waals surface area contributed by atoms with E-state index in [9.17, 15) is 4.79 Å². The van der Waals surface area contributed by atoms with E-state index in [-0.39, 0.29) is 12.0 Å². The van der Waals surface area contributed by atoms with Gasteiger partial charge in [-0.25, -0.2) is 4.98 Å². The van der Waals surface area contributed by atoms with E-state index in [1.165, 1.54) is 12.5 Å². The van der Waals surface area contributed by atoms with Crippen LogP contribution in [0.4, 0.5) is 0 Å². The molecule has 0 saturated carbocycles. The van der Waals surface area contributed by atoms with E-state index in [1.807, 2.05) is 6.92 Å². The number of nitrogens with zero attached hydrogens (tertiary/aromatic N) is 3. The van der Waals surface area contributed by atoms with Crippen LogP contribution in [-0.4, -0.2) is 40.0 Å². The molecule has 1 aliphatic heterocycles. The van der Waals surface area contributed by atoms with Crippen molar-refractivity contribution < 1.29 is 13.9 Å². The van der Waals surface area contributed by atoms with Crippen molar-refractivity contribution in [1.29, 1.82) is 0 Å². The molecule has 1 unspecified atom stereocenters. The van der Waals surface area contributed by atoms with Gasteiger partial charge in [0.1, 0.15) is 18.2 Å². The molecule has 6 nitrogen and oxygen atoms in total. The summed E-state index contributed by atoms with van der Waals surface area (Å²) >= 11 is 0. The van der Waals surface area contributed by atoms with E-state index in [0.29, 0.717) is 23.8 Å². The zero-order valence-corrected chi connectivity index (χ0v) is 11.9. The van der Waals surface area contributed by atoms with Gasteiger partial charge in [-0.3, -0.25) is 4.79 Å². The van der Waals surface area contributed by atoms with Gasteiger partial charge in [-0.1, -0.05) is 0 Å². The maximum absolute atomic E-state index is 12.3. The third-order valence-corrected chi connectivity index (χ3v) is 3.47. The van der Waals surface area contributed by atoms with Gasteiger partial charge in [-0.2, -0.15) is 4.98 Å². The Hall–Kier alpha value is -2.37. The molecule has 0 aromatic carbocycles. The van der Waals surface area contributed by atoms with E-state index in [0.717, 1.165) is 19.4 Å². The second-order valence-electron chi connectivity index (χ2n) is 5.09. The number of ether oxygens (including phenoxy) is 1. The van der Waals surface area contributed by atoms with Crippen molar-refractivity contribution in [2.75, 3.05) is 13.1 Å². The van der Waals surface area contributed by atoms with Gasteiger partial charge in [0.25, 0.3) is 5.91 Å². The molecule has 0 radical (unpaired) electrons. The number of rotatable bonds is 3. The van der Waals surface area contributed by atoms with Crippen LogP contribution in [0.3, 0.4) is 0 Å². The highest BCUT2D eigenvalue weighted by Gasteiger charge is 2.26. The van der Waals surface area contributed by atoms with Crippen LogP contribution < -0.4 is 4.74 Å². The normalized spacial score (nSPS) is 18.5.